The van der Waals surface area contributed by atoms with E-state index in [1.165, 1.54) is 31.4 Å². The van der Waals surface area contributed by atoms with E-state index in [2.05, 4.69) is 26.1 Å². The molecule has 1 amide bonds. The first-order valence-corrected chi connectivity index (χ1v) is 9.64. The molecule has 1 N–H and O–H groups in total. The zero-order valence-electron chi connectivity index (χ0n) is 15.6. The van der Waals surface area contributed by atoms with Gasteiger partial charge in [-0.25, -0.2) is 4.98 Å². The number of carbonyl (C=O) groups excluding carboxylic acids is 1. The number of hydrogen-bond donors (Lipinski definition) is 1. The van der Waals surface area contributed by atoms with Crippen LogP contribution in [0.15, 0.2) is 24.7 Å². The molecule has 3 heterocycles. The fourth-order valence-electron chi connectivity index (χ4n) is 4.46. The third-order valence-electron chi connectivity index (χ3n) is 5.95. The SMILES string of the molecule is CN1C(=O)CC[C@@H](NCc2ccnn2C2CCCC2)[C@@H]1c1nccn1C. The van der Waals surface area contributed by atoms with Gasteiger partial charge in [0, 0.05) is 51.7 Å². The molecule has 7 heteroatoms. The minimum absolute atomic E-state index is 0.0425. The first-order valence-electron chi connectivity index (χ1n) is 9.64. The maximum atomic E-state index is 12.3. The summed E-state index contributed by atoms with van der Waals surface area (Å²) in [6.45, 7) is 0.768. The Morgan fingerprint density at radius 3 is 2.73 bits per heavy atom. The summed E-state index contributed by atoms with van der Waals surface area (Å²) in [5, 5.41) is 8.26. The molecule has 2 atom stereocenters. The zero-order valence-corrected chi connectivity index (χ0v) is 15.6. The van der Waals surface area contributed by atoms with Crippen LogP contribution in [0, 0.1) is 0 Å². The van der Waals surface area contributed by atoms with E-state index in [0.29, 0.717) is 12.5 Å². The normalized spacial score (nSPS) is 24.5. The van der Waals surface area contributed by atoms with Crippen LogP contribution in [-0.2, 0) is 18.4 Å². The van der Waals surface area contributed by atoms with Gasteiger partial charge in [-0.2, -0.15) is 5.10 Å². The highest BCUT2D eigenvalue weighted by Crippen LogP contribution is 2.31. The van der Waals surface area contributed by atoms with Gasteiger partial charge in [0.15, 0.2) is 0 Å². The van der Waals surface area contributed by atoms with Gasteiger partial charge in [0.2, 0.25) is 5.91 Å². The summed E-state index contributed by atoms with van der Waals surface area (Å²) in [6.07, 6.45) is 12.1. The van der Waals surface area contributed by atoms with Crippen LogP contribution in [0.3, 0.4) is 0 Å². The quantitative estimate of drug-likeness (QED) is 0.892. The molecule has 0 bridgehead atoms. The van der Waals surface area contributed by atoms with E-state index < -0.39 is 0 Å². The van der Waals surface area contributed by atoms with Crippen molar-refractivity contribution in [2.24, 2.45) is 7.05 Å². The first-order chi connectivity index (χ1) is 12.6. The van der Waals surface area contributed by atoms with Crippen LogP contribution in [0.5, 0.6) is 0 Å². The number of aryl methyl sites for hydroxylation is 1. The predicted molar refractivity (Wildman–Crippen MR) is 98.3 cm³/mol. The Kier molecular flexibility index (Phi) is 4.80. The number of imidazole rings is 1. The maximum absolute atomic E-state index is 12.3. The lowest BCUT2D eigenvalue weighted by atomic mass is 9.95. The molecular weight excluding hydrogens is 328 g/mol. The summed E-state index contributed by atoms with van der Waals surface area (Å²) in [5.74, 6) is 1.12. The van der Waals surface area contributed by atoms with Crippen molar-refractivity contribution in [2.45, 2.75) is 63.2 Å². The average Bonchev–Trinajstić information content (AvgIpc) is 3.37. The van der Waals surface area contributed by atoms with Crippen molar-refractivity contribution in [3.05, 3.63) is 36.2 Å². The monoisotopic (exact) mass is 356 g/mol. The number of carbonyl (C=O) groups is 1. The molecule has 0 unspecified atom stereocenters. The van der Waals surface area contributed by atoms with E-state index in [1.807, 2.05) is 36.0 Å². The van der Waals surface area contributed by atoms with Crippen LogP contribution in [0.25, 0.3) is 0 Å². The topological polar surface area (TPSA) is 68.0 Å². The Balaban J connectivity index is 1.50. The molecule has 4 rings (SSSR count). The van der Waals surface area contributed by atoms with Gasteiger partial charge in [-0.1, -0.05) is 12.8 Å². The standard InChI is InChI=1S/C19H28N6O/c1-23-12-11-20-19(23)18-16(7-8-17(26)24(18)2)21-13-15-9-10-22-25(15)14-5-3-4-6-14/h9-12,14,16,18,21H,3-8,13H2,1-2H3/t16-,18-/m1/s1. The van der Waals surface area contributed by atoms with Crippen molar-refractivity contribution < 1.29 is 4.79 Å². The fraction of sp³-hybridized carbons (Fsp3) is 0.632. The summed E-state index contributed by atoms with van der Waals surface area (Å²) >= 11 is 0. The molecule has 26 heavy (non-hydrogen) atoms. The molecule has 0 radical (unpaired) electrons. The van der Waals surface area contributed by atoms with Crippen molar-refractivity contribution in [1.29, 1.82) is 0 Å². The molecular formula is C19H28N6O. The van der Waals surface area contributed by atoms with Crippen LogP contribution in [-0.4, -0.2) is 43.2 Å². The van der Waals surface area contributed by atoms with E-state index in [-0.39, 0.29) is 18.0 Å². The second kappa shape index (κ2) is 7.23. The Labute approximate surface area is 154 Å². The number of amides is 1. The lowest BCUT2D eigenvalue weighted by molar-refractivity contribution is -0.136. The van der Waals surface area contributed by atoms with Crippen molar-refractivity contribution >= 4 is 5.91 Å². The van der Waals surface area contributed by atoms with Gasteiger partial charge in [-0.15, -0.1) is 0 Å². The molecule has 2 fully saturated rings. The van der Waals surface area contributed by atoms with Crippen LogP contribution in [0.2, 0.25) is 0 Å². The molecule has 2 aromatic heterocycles. The zero-order chi connectivity index (χ0) is 18.1. The van der Waals surface area contributed by atoms with Crippen LogP contribution >= 0.6 is 0 Å². The van der Waals surface area contributed by atoms with Crippen LogP contribution in [0.1, 0.15) is 62.1 Å². The van der Waals surface area contributed by atoms with Crippen LogP contribution < -0.4 is 5.32 Å². The van der Waals surface area contributed by atoms with E-state index in [4.69, 9.17) is 0 Å². The lowest BCUT2D eigenvalue weighted by Crippen LogP contribution is -2.49. The Bertz CT molecular complexity index is 760. The Hall–Kier alpha value is -2.15. The van der Waals surface area contributed by atoms with Gasteiger partial charge in [0.1, 0.15) is 11.9 Å². The number of likely N-dealkylation sites (N-methyl/N-ethyl adjacent to an activating group) is 1. The minimum atomic E-state index is -0.0425. The molecule has 0 aromatic carbocycles. The van der Waals surface area contributed by atoms with Crippen molar-refractivity contribution in [1.82, 2.24) is 29.5 Å². The number of nitrogens with zero attached hydrogens (tertiary/aromatic N) is 5. The fourth-order valence-corrected chi connectivity index (χ4v) is 4.46. The van der Waals surface area contributed by atoms with E-state index in [1.54, 1.807) is 6.20 Å². The Morgan fingerprint density at radius 1 is 1.19 bits per heavy atom. The third kappa shape index (κ3) is 3.16. The van der Waals surface area contributed by atoms with Crippen molar-refractivity contribution in [2.75, 3.05) is 7.05 Å². The number of piperidine rings is 1. The highest BCUT2D eigenvalue weighted by molar-refractivity contribution is 5.77. The summed E-state index contributed by atoms with van der Waals surface area (Å²) in [7, 11) is 3.87. The second-order valence-corrected chi connectivity index (χ2v) is 7.58. The van der Waals surface area contributed by atoms with Crippen LogP contribution in [0.4, 0.5) is 0 Å². The molecule has 1 aliphatic heterocycles. The van der Waals surface area contributed by atoms with Gasteiger partial charge in [0.05, 0.1) is 11.7 Å². The lowest BCUT2D eigenvalue weighted by Gasteiger charge is -2.39. The summed E-state index contributed by atoms with van der Waals surface area (Å²) in [4.78, 5) is 18.6. The molecule has 1 aliphatic carbocycles. The smallest absolute Gasteiger partial charge is 0.223 e. The minimum Gasteiger partial charge on any atom is -0.336 e. The number of likely N-dealkylation sites (tertiary alicyclic amines) is 1. The van der Waals surface area contributed by atoms with E-state index in [9.17, 15) is 4.79 Å². The summed E-state index contributed by atoms with van der Waals surface area (Å²) in [6, 6.07) is 2.80. The number of hydrogen-bond acceptors (Lipinski definition) is 4. The molecule has 140 valence electrons. The number of nitrogens with one attached hydrogen (secondary N) is 1. The highest BCUT2D eigenvalue weighted by Gasteiger charge is 2.36. The van der Waals surface area contributed by atoms with E-state index >= 15 is 0 Å². The van der Waals surface area contributed by atoms with E-state index in [0.717, 1.165) is 18.8 Å². The van der Waals surface area contributed by atoms with Gasteiger partial charge in [-0.05, 0) is 25.3 Å². The third-order valence-corrected chi connectivity index (χ3v) is 5.95. The van der Waals surface area contributed by atoms with Gasteiger partial charge < -0.3 is 14.8 Å². The Morgan fingerprint density at radius 2 is 2.00 bits per heavy atom. The van der Waals surface area contributed by atoms with Crippen molar-refractivity contribution in [3.8, 4) is 0 Å². The van der Waals surface area contributed by atoms with Gasteiger partial charge >= 0.3 is 0 Å². The predicted octanol–water partition coefficient (Wildman–Crippen LogP) is 2.18. The highest BCUT2D eigenvalue weighted by atomic mass is 16.2. The molecule has 0 spiro atoms. The molecule has 7 nitrogen and oxygen atoms in total. The van der Waals surface area contributed by atoms with Gasteiger partial charge in [0.25, 0.3) is 0 Å². The number of aromatic nitrogens is 4. The molecule has 2 aromatic rings. The molecule has 2 aliphatic rings. The largest absolute Gasteiger partial charge is 0.336 e. The first kappa shape index (κ1) is 17.3. The van der Waals surface area contributed by atoms with Crippen molar-refractivity contribution in [3.63, 3.8) is 0 Å². The molecule has 1 saturated carbocycles. The maximum Gasteiger partial charge on any atom is 0.223 e. The average molecular weight is 356 g/mol. The summed E-state index contributed by atoms with van der Waals surface area (Å²) in [5.41, 5.74) is 1.23. The second-order valence-electron chi connectivity index (χ2n) is 7.58. The molecule has 1 saturated heterocycles. The van der Waals surface area contributed by atoms with Gasteiger partial charge in [-0.3, -0.25) is 9.48 Å². The number of rotatable bonds is 5. The summed E-state index contributed by atoms with van der Waals surface area (Å²) < 4.78 is 4.21.